The Balaban J connectivity index is 1.67. The van der Waals surface area contributed by atoms with Crippen molar-refractivity contribution in [3.8, 4) is 0 Å². The lowest BCUT2D eigenvalue weighted by Crippen LogP contribution is -2.52. The normalized spacial score (nSPS) is 30.3. The van der Waals surface area contributed by atoms with Crippen LogP contribution in [0.2, 0.25) is 0 Å². The molecular formula is C13H26N2O3. The van der Waals surface area contributed by atoms with Gasteiger partial charge in [-0.2, -0.15) is 0 Å². The third kappa shape index (κ3) is 3.90. The molecule has 3 unspecified atom stereocenters. The van der Waals surface area contributed by atoms with Crippen molar-refractivity contribution in [3.63, 3.8) is 0 Å². The number of methoxy groups -OCH3 is 1. The van der Waals surface area contributed by atoms with E-state index in [1.807, 2.05) is 0 Å². The summed E-state index contributed by atoms with van der Waals surface area (Å²) in [4.78, 5) is 2.41. The number of aliphatic hydroxyl groups excluding tert-OH is 1. The van der Waals surface area contributed by atoms with Gasteiger partial charge in [-0.15, -0.1) is 0 Å². The summed E-state index contributed by atoms with van der Waals surface area (Å²) in [6.07, 6.45) is 3.76. The van der Waals surface area contributed by atoms with E-state index in [2.05, 4.69) is 10.2 Å². The Morgan fingerprint density at radius 1 is 1.50 bits per heavy atom. The predicted octanol–water partition coefficient (Wildman–Crippen LogP) is -0.163. The molecule has 2 rings (SSSR count). The van der Waals surface area contributed by atoms with Gasteiger partial charge in [0.25, 0.3) is 0 Å². The summed E-state index contributed by atoms with van der Waals surface area (Å²) in [5.74, 6) is 0. The molecule has 1 aliphatic heterocycles. The summed E-state index contributed by atoms with van der Waals surface area (Å²) in [6.45, 7) is 4.64. The van der Waals surface area contributed by atoms with Gasteiger partial charge in [0.15, 0.2) is 0 Å². The molecule has 18 heavy (non-hydrogen) atoms. The molecule has 5 nitrogen and oxygen atoms in total. The highest BCUT2D eigenvalue weighted by atomic mass is 16.5. The first-order chi connectivity index (χ1) is 8.81. The third-order valence-corrected chi connectivity index (χ3v) is 3.91. The first kappa shape index (κ1) is 14.2. The first-order valence-corrected chi connectivity index (χ1v) is 7.04. The Bertz CT molecular complexity index is 240. The van der Waals surface area contributed by atoms with Crippen molar-refractivity contribution >= 4 is 0 Å². The van der Waals surface area contributed by atoms with Crippen LogP contribution in [0.3, 0.4) is 0 Å². The highest BCUT2D eigenvalue weighted by Crippen LogP contribution is 2.29. The molecule has 0 aromatic rings. The number of aliphatic hydroxyl groups is 1. The summed E-state index contributed by atoms with van der Waals surface area (Å²) in [6, 6.07) is 0.535. The van der Waals surface area contributed by atoms with Crippen molar-refractivity contribution in [1.82, 2.24) is 10.2 Å². The van der Waals surface area contributed by atoms with Crippen molar-refractivity contribution in [2.75, 3.05) is 46.5 Å². The quantitative estimate of drug-likeness (QED) is 0.621. The van der Waals surface area contributed by atoms with Crippen LogP contribution in [0.1, 0.15) is 19.3 Å². The number of nitrogens with one attached hydrogen (secondary N) is 1. The molecule has 0 aromatic heterocycles. The van der Waals surface area contributed by atoms with Crippen LogP contribution in [0.5, 0.6) is 0 Å². The molecule has 106 valence electrons. The van der Waals surface area contributed by atoms with Gasteiger partial charge >= 0.3 is 0 Å². The van der Waals surface area contributed by atoms with Crippen LogP contribution >= 0.6 is 0 Å². The number of rotatable bonds is 7. The van der Waals surface area contributed by atoms with Gasteiger partial charge in [-0.3, -0.25) is 4.90 Å². The molecule has 1 aliphatic carbocycles. The lowest BCUT2D eigenvalue weighted by Gasteiger charge is -2.38. The number of hydrogen-bond donors (Lipinski definition) is 2. The van der Waals surface area contributed by atoms with Gasteiger partial charge in [0.05, 0.1) is 25.4 Å². The molecule has 0 radical (unpaired) electrons. The number of morpholine rings is 1. The van der Waals surface area contributed by atoms with E-state index in [0.29, 0.717) is 25.3 Å². The fraction of sp³-hybridized carbons (Fsp3) is 1.00. The van der Waals surface area contributed by atoms with Gasteiger partial charge in [-0.25, -0.2) is 0 Å². The van der Waals surface area contributed by atoms with E-state index in [0.717, 1.165) is 26.2 Å². The zero-order valence-corrected chi connectivity index (χ0v) is 11.3. The van der Waals surface area contributed by atoms with Crippen molar-refractivity contribution in [3.05, 3.63) is 0 Å². The minimum atomic E-state index is -0.304. The summed E-state index contributed by atoms with van der Waals surface area (Å²) < 4.78 is 10.7. The molecule has 0 bridgehead atoms. The number of fused-ring (bicyclic) bond motifs is 1. The van der Waals surface area contributed by atoms with Crippen molar-refractivity contribution in [2.24, 2.45) is 0 Å². The second-order valence-electron chi connectivity index (χ2n) is 5.25. The zero-order chi connectivity index (χ0) is 12.8. The van der Waals surface area contributed by atoms with Crippen LogP contribution in [-0.2, 0) is 9.47 Å². The maximum atomic E-state index is 10.0. The number of hydrogen-bond acceptors (Lipinski definition) is 5. The molecule has 2 N–H and O–H groups in total. The molecule has 1 saturated carbocycles. The lowest BCUT2D eigenvalue weighted by atomic mass is 10.1. The molecule has 0 amide bonds. The van der Waals surface area contributed by atoms with Crippen molar-refractivity contribution in [1.29, 1.82) is 0 Å². The summed E-state index contributed by atoms with van der Waals surface area (Å²) in [7, 11) is 1.69. The first-order valence-electron chi connectivity index (χ1n) is 7.04. The Morgan fingerprint density at radius 2 is 2.39 bits per heavy atom. The fourth-order valence-corrected chi connectivity index (χ4v) is 3.01. The Hall–Kier alpha value is -0.200. The second kappa shape index (κ2) is 7.40. The lowest BCUT2D eigenvalue weighted by molar-refractivity contribution is -0.0669. The fourth-order valence-electron chi connectivity index (χ4n) is 3.01. The van der Waals surface area contributed by atoms with Gasteiger partial charge in [0, 0.05) is 39.3 Å². The predicted molar refractivity (Wildman–Crippen MR) is 69.7 cm³/mol. The standard InChI is InChI=1S/C13H26N2O3/c1-17-7-5-14-9-11(16)10-15-6-8-18-13-4-2-3-12(13)15/h11-14,16H,2-10H2,1H3. The number of β-amino-alcohol motifs (C(OH)–C–C–N with tert-alkyl or cyclic N) is 1. The molecule has 1 saturated heterocycles. The molecule has 2 aliphatic rings. The van der Waals surface area contributed by atoms with Crippen molar-refractivity contribution in [2.45, 2.75) is 37.5 Å². The van der Waals surface area contributed by atoms with Gasteiger partial charge in [0.1, 0.15) is 0 Å². The largest absolute Gasteiger partial charge is 0.390 e. The monoisotopic (exact) mass is 258 g/mol. The van der Waals surface area contributed by atoms with E-state index in [1.165, 1.54) is 19.3 Å². The zero-order valence-electron chi connectivity index (χ0n) is 11.3. The van der Waals surface area contributed by atoms with Crippen LogP contribution < -0.4 is 5.32 Å². The van der Waals surface area contributed by atoms with Crippen molar-refractivity contribution < 1.29 is 14.6 Å². The Kier molecular flexibility index (Phi) is 5.85. The number of nitrogens with zero attached hydrogens (tertiary/aromatic N) is 1. The second-order valence-corrected chi connectivity index (χ2v) is 5.25. The van der Waals surface area contributed by atoms with Gasteiger partial charge < -0.3 is 19.9 Å². The highest BCUT2D eigenvalue weighted by molar-refractivity contribution is 4.90. The van der Waals surface area contributed by atoms with E-state index in [9.17, 15) is 5.11 Å². The molecule has 3 atom stereocenters. The average Bonchev–Trinajstić information content (AvgIpc) is 2.84. The molecule has 5 heteroatoms. The van der Waals surface area contributed by atoms with Crippen LogP contribution in [0.4, 0.5) is 0 Å². The SMILES string of the molecule is COCCNCC(O)CN1CCOC2CCCC21. The van der Waals surface area contributed by atoms with Gasteiger partial charge in [-0.05, 0) is 19.3 Å². The maximum absolute atomic E-state index is 10.0. The van der Waals surface area contributed by atoms with Gasteiger partial charge in [0.2, 0.25) is 0 Å². The molecule has 2 fully saturated rings. The average molecular weight is 258 g/mol. The van der Waals surface area contributed by atoms with E-state index < -0.39 is 0 Å². The third-order valence-electron chi connectivity index (χ3n) is 3.91. The molecule has 0 spiro atoms. The van der Waals surface area contributed by atoms with E-state index >= 15 is 0 Å². The van der Waals surface area contributed by atoms with E-state index in [-0.39, 0.29) is 6.10 Å². The minimum Gasteiger partial charge on any atom is -0.390 e. The summed E-state index contributed by atoms with van der Waals surface area (Å²) >= 11 is 0. The minimum absolute atomic E-state index is 0.304. The van der Waals surface area contributed by atoms with Crippen LogP contribution in [0.25, 0.3) is 0 Å². The van der Waals surface area contributed by atoms with E-state index in [1.54, 1.807) is 7.11 Å². The molecule has 1 heterocycles. The summed E-state index contributed by atoms with van der Waals surface area (Å²) in [5, 5.41) is 13.2. The number of ether oxygens (including phenoxy) is 2. The molecule has 0 aromatic carbocycles. The Labute approximate surface area is 109 Å². The van der Waals surface area contributed by atoms with E-state index in [4.69, 9.17) is 9.47 Å². The van der Waals surface area contributed by atoms with Crippen LogP contribution in [-0.4, -0.2) is 74.8 Å². The van der Waals surface area contributed by atoms with Gasteiger partial charge in [-0.1, -0.05) is 0 Å². The smallest absolute Gasteiger partial charge is 0.0791 e. The maximum Gasteiger partial charge on any atom is 0.0791 e. The molecular weight excluding hydrogens is 232 g/mol. The topological polar surface area (TPSA) is 54.0 Å². The summed E-state index contributed by atoms with van der Waals surface area (Å²) in [5.41, 5.74) is 0. The van der Waals surface area contributed by atoms with Crippen LogP contribution in [0, 0.1) is 0 Å². The van der Waals surface area contributed by atoms with Crippen LogP contribution in [0.15, 0.2) is 0 Å². The highest BCUT2D eigenvalue weighted by Gasteiger charge is 2.36. The Morgan fingerprint density at radius 3 is 3.22 bits per heavy atom.